The summed E-state index contributed by atoms with van der Waals surface area (Å²) in [7, 11) is -2.92. The predicted molar refractivity (Wildman–Crippen MR) is 77.6 cm³/mol. The van der Waals surface area contributed by atoms with Crippen LogP contribution in [0, 0.1) is 0 Å². The van der Waals surface area contributed by atoms with Gasteiger partial charge in [0.25, 0.3) is 0 Å². The highest BCUT2D eigenvalue weighted by molar-refractivity contribution is 7.92. The van der Waals surface area contributed by atoms with Gasteiger partial charge in [0, 0.05) is 6.54 Å². The largest absolute Gasteiger partial charge is 0.315 e. The Balaban J connectivity index is 2.32. The van der Waals surface area contributed by atoms with Crippen molar-refractivity contribution in [1.82, 2.24) is 5.32 Å². The Labute approximate surface area is 113 Å². The Hall–Kier alpha value is -0.0900. The van der Waals surface area contributed by atoms with E-state index in [4.69, 9.17) is 0 Å². The summed E-state index contributed by atoms with van der Waals surface area (Å²) in [6.45, 7) is 5.59. The van der Waals surface area contributed by atoms with E-state index in [0.717, 1.165) is 38.6 Å². The van der Waals surface area contributed by atoms with Crippen molar-refractivity contribution >= 4 is 9.84 Å². The molecule has 0 aromatic carbocycles. The summed E-state index contributed by atoms with van der Waals surface area (Å²) in [5, 5.41) is 2.98. The second kappa shape index (κ2) is 8.16. The fourth-order valence-electron chi connectivity index (χ4n) is 2.64. The van der Waals surface area contributed by atoms with Crippen LogP contribution in [0.25, 0.3) is 0 Å². The maximum atomic E-state index is 12.4. The number of hydrogen-bond donors (Lipinski definition) is 1. The van der Waals surface area contributed by atoms with Crippen molar-refractivity contribution in [1.29, 1.82) is 0 Å². The van der Waals surface area contributed by atoms with Crippen molar-refractivity contribution in [2.45, 2.75) is 75.7 Å². The van der Waals surface area contributed by atoms with E-state index in [2.05, 4.69) is 12.2 Å². The molecule has 4 heteroatoms. The number of sulfone groups is 1. The fourth-order valence-corrected chi connectivity index (χ4v) is 4.64. The third kappa shape index (κ3) is 4.88. The highest BCUT2D eigenvalue weighted by atomic mass is 32.2. The van der Waals surface area contributed by atoms with Gasteiger partial charge in [-0.2, -0.15) is 0 Å². The summed E-state index contributed by atoms with van der Waals surface area (Å²) in [5.41, 5.74) is 0. The van der Waals surface area contributed by atoms with Gasteiger partial charge >= 0.3 is 0 Å². The lowest BCUT2D eigenvalue weighted by Crippen LogP contribution is -2.38. The predicted octanol–water partition coefficient (Wildman–Crippen LogP) is 2.90. The molecule has 0 saturated heterocycles. The Morgan fingerprint density at radius 2 is 1.83 bits per heavy atom. The van der Waals surface area contributed by atoms with Crippen molar-refractivity contribution < 1.29 is 8.42 Å². The van der Waals surface area contributed by atoms with E-state index in [9.17, 15) is 8.42 Å². The molecular weight excluding hydrogens is 246 g/mol. The summed E-state index contributed by atoms with van der Waals surface area (Å²) < 4.78 is 24.7. The molecule has 0 aliphatic heterocycles. The second-order valence-corrected chi connectivity index (χ2v) is 8.22. The van der Waals surface area contributed by atoms with Gasteiger partial charge in [-0.25, -0.2) is 8.42 Å². The van der Waals surface area contributed by atoms with Gasteiger partial charge in [0.1, 0.15) is 0 Å². The molecule has 3 nitrogen and oxygen atoms in total. The van der Waals surface area contributed by atoms with Crippen molar-refractivity contribution in [3.05, 3.63) is 0 Å². The molecule has 0 heterocycles. The Kier molecular flexibility index (Phi) is 7.23. The molecule has 1 N–H and O–H groups in total. The molecule has 1 aliphatic rings. The Bertz CT molecular complexity index is 308. The van der Waals surface area contributed by atoms with E-state index in [0.29, 0.717) is 6.54 Å². The molecule has 1 saturated carbocycles. The average molecular weight is 275 g/mol. The molecule has 1 atom stereocenters. The van der Waals surface area contributed by atoms with Crippen LogP contribution in [0.3, 0.4) is 0 Å². The normalized spacial score (nSPS) is 19.9. The first-order valence-corrected chi connectivity index (χ1v) is 9.13. The van der Waals surface area contributed by atoms with Crippen molar-refractivity contribution in [2.24, 2.45) is 0 Å². The lowest BCUT2D eigenvalue weighted by molar-refractivity contribution is 0.476. The van der Waals surface area contributed by atoms with Crippen LogP contribution in [0.2, 0.25) is 0 Å². The molecule has 0 amide bonds. The van der Waals surface area contributed by atoms with Crippen molar-refractivity contribution in [2.75, 3.05) is 13.1 Å². The van der Waals surface area contributed by atoms with E-state index >= 15 is 0 Å². The number of rotatable bonds is 8. The summed E-state index contributed by atoms with van der Waals surface area (Å²) in [4.78, 5) is 0. The smallest absolute Gasteiger partial charge is 0.156 e. The van der Waals surface area contributed by atoms with Gasteiger partial charge in [0.05, 0.1) is 10.5 Å². The molecule has 0 spiro atoms. The van der Waals surface area contributed by atoms with E-state index < -0.39 is 9.84 Å². The molecule has 0 radical (unpaired) electrons. The minimum absolute atomic E-state index is 0.0707. The molecule has 0 bridgehead atoms. The molecule has 0 aromatic rings. The monoisotopic (exact) mass is 275 g/mol. The molecule has 18 heavy (non-hydrogen) atoms. The van der Waals surface area contributed by atoms with E-state index in [1.807, 2.05) is 6.92 Å². The minimum atomic E-state index is -2.92. The second-order valence-electron chi connectivity index (χ2n) is 5.57. The highest BCUT2D eigenvalue weighted by Gasteiger charge is 2.31. The maximum absolute atomic E-state index is 12.4. The molecule has 1 rings (SSSR count). The van der Waals surface area contributed by atoms with Crippen LogP contribution >= 0.6 is 0 Å². The van der Waals surface area contributed by atoms with E-state index in [-0.39, 0.29) is 10.5 Å². The standard InChI is InChI=1S/C14H29NO2S/c1-3-4-8-11-15-12-13(2)18(16,17)14-9-6-5-7-10-14/h13-15H,3-12H2,1-2H3. The zero-order chi connectivity index (χ0) is 13.4. The quantitative estimate of drug-likeness (QED) is 0.693. The molecule has 1 fully saturated rings. The molecule has 108 valence electrons. The van der Waals surface area contributed by atoms with Gasteiger partial charge in [-0.15, -0.1) is 0 Å². The topological polar surface area (TPSA) is 46.2 Å². The Morgan fingerprint density at radius 3 is 2.44 bits per heavy atom. The summed E-state index contributed by atoms with van der Waals surface area (Å²) in [6.07, 6.45) is 8.70. The fraction of sp³-hybridized carbons (Fsp3) is 1.00. The lowest BCUT2D eigenvalue weighted by Gasteiger charge is -2.25. The first kappa shape index (κ1) is 16.0. The van der Waals surface area contributed by atoms with Gasteiger partial charge < -0.3 is 5.32 Å². The third-order valence-electron chi connectivity index (χ3n) is 3.97. The van der Waals surface area contributed by atoms with Gasteiger partial charge in [-0.05, 0) is 32.7 Å². The molecule has 0 aromatic heterocycles. The molecule has 1 aliphatic carbocycles. The number of unbranched alkanes of at least 4 members (excludes halogenated alkanes) is 2. The number of nitrogens with one attached hydrogen (secondary N) is 1. The first-order valence-electron chi connectivity index (χ1n) is 7.52. The number of hydrogen-bond acceptors (Lipinski definition) is 3. The van der Waals surface area contributed by atoms with Gasteiger partial charge in [0.15, 0.2) is 9.84 Å². The maximum Gasteiger partial charge on any atom is 0.156 e. The van der Waals surface area contributed by atoms with E-state index in [1.165, 1.54) is 19.3 Å². The zero-order valence-electron chi connectivity index (χ0n) is 12.0. The summed E-state index contributed by atoms with van der Waals surface area (Å²) in [5.74, 6) is 0. The minimum Gasteiger partial charge on any atom is -0.315 e. The van der Waals surface area contributed by atoms with Gasteiger partial charge in [0.2, 0.25) is 0 Å². The van der Waals surface area contributed by atoms with E-state index in [1.54, 1.807) is 0 Å². The summed E-state index contributed by atoms with van der Waals surface area (Å²) in [6, 6.07) is 0. The summed E-state index contributed by atoms with van der Waals surface area (Å²) >= 11 is 0. The van der Waals surface area contributed by atoms with Crippen LogP contribution in [0.15, 0.2) is 0 Å². The van der Waals surface area contributed by atoms with Crippen LogP contribution < -0.4 is 5.32 Å². The van der Waals surface area contributed by atoms with Crippen LogP contribution in [0.1, 0.15) is 65.2 Å². The van der Waals surface area contributed by atoms with Crippen LogP contribution in [0.5, 0.6) is 0 Å². The van der Waals surface area contributed by atoms with Crippen molar-refractivity contribution in [3.8, 4) is 0 Å². The molecule has 1 unspecified atom stereocenters. The Morgan fingerprint density at radius 1 is 1.17 bits per heavy atom. The zero-order valence-corrected chi connectivity index (χ0v) is 12.8. The molecular formula is C14H29NO2S. The van der Waals surface area contributed by atoms with Crippen molar-refractivity contribution in [3.63, 3.8) is 0 Å². The van der Waals surface area contributed by atoms with Gasteiger partial charge in [-0.3, -0.25) is 0 Å². The van der Waals surface area contributed by atoms with Crippen LogP contribution in [0.4, 0.5) is 0 Å². The SMILES string of the molecule is CCCCCNCC(C)S(=O)(=O)C1CCCCC1. The van der Waals surface area contributed by atoms with Gasteiger partial charge in [-0.1, -0.05) is 39.0 Å². The van der Waals surface area contributed by atoms with Crippen LogP contribution in [-0.4, -0.2) is 32.0 Å². The van der Waals surface area contributed by atoms with Crippen LogP contribution in [-0.2, 0) is 9.84 Å². The third-order valence-corrected chi connectivity index (χ3v) is 6.66. The lowest BCUT2D eigenvalue weighted by atomic mass is 10.0. The highest BCUT2D eigenvalue weighted by Crippen LogP contribution is 2.26. The average Bonchev–Trinajstić information content (AvgIpc) is 2.39. The first-order chi connectivity index (χ1) is 8.59.